The van der Waals surface area contributed by atoms with Crippen molar-refractivity contribution in [3.05, 3.63) is 33.8 Å². The largest absolute Gasteiger partial charge is 0.345 e. The summed E-state index contributed by atoms with van der Waals surface area (Å²) in [7, 11) is 0. The van der Waals surface area contributed by atoms with Crippen LogP contribution in [0.3, 0.4) is 0 Å². The van der Waals surface area contributed by atoms with Crippen molar-refractivity contribution in [1.29, 1.82) is 0 Å². The number of halogens is 3. The number of alkyl halides is 1. The first-order valence-corrected chi connectivity index (χ1v) is 7.10. The van der Waals surface area contributed by atoms with Gasteiger partial charge in [0.05, 0.1) is 15.6 Å². The van der Waals surface area contributed by atoms with Crippen LogP contribution in [-0.2, 0) is 0 Å². The number of benzene rings is 1. The van der Waals surface area contributed by atoms with E-state index >= 15 is 0 Å². The van der Waals surface area contributed by atoms with Crippen molar-refractivity contribution in [2.75, 3.05) is 5.88 Å². The number of hydrogen-bond acceptors (Lipinski definition) is 1. The van der Waals surface area contributed by atoms with Crippen LogP contribution in [0.25, 0.3) is 0 Å². The van der Waals surface area contributed by atoms with E-state index in [4.69, 9.17) is 34.8 Å². The molecule has 0 saturated carbocycles. The van der Waals surface area contributed by atoms with Crippen LogP contribution < -0.4 is 5.32 Å². The second-order valence-corrected chi connectivity index (χ2v) is 5.29. The van der Waals surface area contributed by atoms with Crippen LogP contribution in [0.15, 0.2) is 18.2 Å². The van der Waals surface area contributed by atoms with E-state index in [0.717, 1.165) is 12.8 Å². The van der Waals surface area contributed by atoms with Gasteiger partial charge in [-0.2, -0.15) is 0 Å². The van der Waals surface area contributed by atoms with Gasteiger partial charge in [0.25, 0.3) is 5.91 Å². The van der Waals surface area contributed by atoms with Gasteiger partial charge in [-0.05, 0) is 31.0 Å². The van der Waals surface area contributed by atoms with E-state index in [1.807, 2.05) is 13.8 Å². The summed E-state index contributed by atoms with van der Waals surface area (Å²) in [5, 5.41) is 3.77. The summed E-state index contributed by atoms with van der Waals surface area (Å²) in [4.78, 5) is 12.1. The Labute approximate surface area is 123 Å². The van der Waals surface area contributed by atoms with Crippen LogP contribution in [0.2, 0.25) is 10.0 Å². The lowest BCUT2D eigenvalue weighted by atomic mass is 9.94. The van der Waals surface area contributed by atoms with Gasteiger partial charge in [-0.3, -0.25) is 4.79 Å². The molecule has 0 radical (unpaired) electrons. The molecular formula is C13H16Cl3NO. The van der Waals surface area contributed by atoms with Crippen LogP contribution in [0.5, 0.6) is 0 Å². The zero-order valence-electron chi connectivity index (χ0n) is 10.4. The van der Waals surface area contributed by atoms with E-state index in [1.54, 1.807) is 18.2 Å². The standard InChI is InChI=1S/C13H16Cl3NO/c1-3-13(4-2,8-14)17-12(18)9-5-6-10(15)11(16)7-9/h5-7H,3-4,8H2,1-2H3,(H,17,18). The normalized spacial score (nSPS) is 11.4. The van der Waals surface area contributed by atoms with Crippen molar-refractivity contribution < 1.29 is 4.79 Å². The molecule has 1 rings (SSSR count). The van der Waals surface area contributed by atoms with E-state index in [2.05, 4.69) is 5.32 Å². The molecule has 0 spiro atoms. The van der Waals surface area contributed by atoms with E-state index in [9.17, 15) is 4.79 Å². The summed E-state index contributed by atoms with van der Waals surface area (Å²) in [6.45, 7) is 4.00. The highest BCUT2D eigenvalue weighted by molar-refractivity contribution is 6.42. The Balaban J connectivity index is 2.90. The summed E-state index contributed by atoms with van der Waals surface area (Å²) >= 11 is 17.7. The van der Waals surface area contributed by atoms with Crippen LogP contribution in [0.1, 0.15) is 37.0 Å². The van der Waals surface area contributed by atoms with Gasteiger partial charge in [0.1, 0.15) is 0 Å². The fourth-order valence-electron chi connectivity index (χ4n) is 1.60. The fraction of sp³-hybridized carbons (Fsp3) is 0.462. The van der Waals surface area contributed by atoms with Gasteiger partial charge in [-0.25, -0.2) is 0 Å². The van der Waals surface area contributed by atoms with Crippen molar-refractivity contribution in [1.82, 2.24) is 5.32 Å². The van der Waals surface area contributed by atoms with Crippen LogP contribution >= 0.6 is 34.8 Å². The fourth-order valence-corrected chi connectivity index (χ4v) is 2.34. The topological polar surface area (TPSA) is 29.1 Å². The van der Waals surface area contributed by atoms with Gasteiger partial charge < -0.3 is 5.32 Å². The molecule has 0 atom stereocenters. The molecule has 0 aliphatic carbocycles. The molecule has 0 heterocycles. The Morgan fingerprint density at radius 2 is 1.83 bits per heavy atom. The third-order valence-corrected chi connectivity index (χ3v) is 4.42. The Hall–Kier alpha value is -0.440. The van der Waals surface area contributed by atoms with Gasteiger partial charge in [-0.1, -0.05) is 37.0 Å². The zero-order chi connectivity index (χ0) is 13.8. The summed E-state index contributed by atoms with van der Waals surface area (Å²) in [6, 6.07) is 4.82. The Morgan fingerprint density at radius 1 is 1.22 bits per heavy atom. The molecule has 5 heteroatoms. The van der Waals surface area contributed by atoms with Crippen molar-refractivity contribution in [2.24, 2.45) is 0 Å². The number of carbonyl (C=O) groups excluding carboxylic acids is 1. The number of carbonyl (C=O) groups is 1. The maximum absolute atomic E-state index is 12.1. The lowest BCUT2D eigenvalue weighted by molar-refractivity contribution is 0.0902. The molecule has 0 aliphatic heterocycles. The predicted octanol–water partition coefficient (Wildman–Crippen LogP) is 4.52. The molecule has 1 amide bonds. The monoisotopic (exact) mass is 307 g/mol. The van der Waals surface area contributed by atoms with Crippen LogP contribution in [-0.4, -0.2) is 17.3 Å². The molecule has 0 saturated heterocycles. The predicted molar refractivity (Wildman–Crippen MR) is 78.0 cm³/mol. The first-order chi connectivity index (χ1) is 8.48. The Morgan fingerprint density at radius 3 is 2.28 bits per heavy atom. The first-order valence-electron chi connectivity index (χ1n) is 5.81. The summed E-state index contributed by atoms with van der Waals surface area (Å²) in [5.41, 5.74) is 0.117. The minimum Gasteiger partial charge on any atom is -0.345 e. The third kappa shape index (κ3) is 3.53. The molecule has 100 valence electrons. The van der Waals surface area contributed by atoms with Gasteiger partial charge >= 0.3 is 0 Å². The average molecular weight is 309 g/mol. The minimum atomic E-state index is -0.370. The number of rotatable bonds is 5. The minimum absolute atomic E-state index is 0.182. The number of hydrogen-bond donors (Lipinski definition) is 1. The van der Waals surface area contributed by atoms with Gasteiger partial charge in [0.2, 0.25) is 0 Å². The van der Waals surface area contributed by atoms with Crippen molar-refractivity contribution in [2.45, 2.75) is 32.2 Å². The molecule has 1 aromatic carbocycles. The van der Waals surface area contributed by atoms with Crippen molar-refractivity contribution in [3.63, 3.8) is 0 Å². The molecule has 0 aliphatic rings. The zero-order valence-corrected chi connectivity index (χ0v) is 12.7. The van der Waals surface area contributed by atoms with Crippen molar-refractivity contribution in [3.8, 4) is 0 Å². The SMILES string of the molecule is CCC(CC)(CCl)NC(=O)c1ccc(Cl)c(Cl)c1. The quantitative estimate of drug-likeness (QED) is 0.796. The van der Waals surface area contributed by atoms with E-state index in [0.29, 0.717) is 21.5 Å². The van der Waals surface area contributed by atoms with Gasteiger partial charge in [0, 0.05) is 11.4 Å². The maximum atomic E-state index is 12.1. The van der Waals surface area contributed by atoms with Crippen LogP contribution in [0, 0.1) is 0 Å². The highest BCUT2D eigenvalue weighted by Gasteiger charge is 2.27. The molecule has 0 fully saturated rings. The molecule has 0 aromatic heterocycles. The molecule has 0 bridgehead atoms. The molecule has 1 aromatic rings. The lowest BCUT2D eigenvalue weighted by Gasteiger charge is -2.30. The molecule has 1 N–H and O–H groups in total. The second-order valence-electron chi connectivity index (χ2n) is 4.20. The summed E-state index contributed by atoms with van der Waals surface area (Å²) in [6.07, 6.45) is 1.56. The van der Waals surface area contributed by atoms with Crippen LogP contribution in [0.4, 0.5) is 0 Å². The van der Waals surface area contributed by atoms with E-state index in [-0.39, 0.29) is 11.4 Å². The smallest absolute Gasteiger partial charge is 0.251 e. The highest BCUT2D eigenvalue weighted by Crippen LogP contribution is 2.23. The molecule has 18 heavy (non-hydrogen) atoms. The lowest BCUT2D eigenvalue weighted by Crippen LogP contribution is -2.49. The van der Waals surface area contributed by atoms with Gasteiger partial charge in [0.15, 0.2) is 0 Å². The summed E-state index contributed by atoms with van der Waals surface area (Å²) < 4.78 is 0. The Kier molecular flexibility index (Phi) is 5.77. The Bertz CT molecular complexity index is 422. The van der Waals surface area contributed by atoms with E-state index < -0.39 is 0 Å². The molecular weight excluding hydrogens is 293 g/mol. The summed E-state index contributed by atoms with van der Waals surface area (Å²) in [5.74, 6) is 0.200. The second kappa shape index (κ2) is 6.65. The molecule has 0 unspecified atom stereocenters. The number of amides is 1. The number of nitrogens with one attached hydrogen (secondary N) is 1. The van der Waals surface area contributed by atoms with Gasteiger partial charge in [-0.15, -0.1) is 11.6 Å². The highest BCUT2D eigenvalue weighted by atomic mass is 35.5. The average Bonchev–Trinajstić information content (AvgIpc) is 2.39. The maximum Gasteiger partial charge on any atom is 0.251 e. The molecule has 2 nitrogen and oxygen atoms in total. The third-order valence-electron chi connectivity index (χ3n) is 3.17. The first kappa shape index (κ1) is 15.6. The van der Waals surface area contributed by atoms with Crippen molar-refractivity contribution >= 4 is 40.7 Å². The van der Waals surface area contributed by atoms with E-state index in [1.165, 1.54) is 0 Å².